The van der Waals surface area contributed by atoms with Gasteiger partial charge in [0.15, 0.2) is 6.10 Å². The number of carbonyl (C=O) groups is 1. The molecule has 3 aromatic carbocycles. The number of hydrogen-bond acceptors (Lipinski definition) is 4. The third-order valence-electron chi connectivity index (χ3n) is 4.00. The van der Waals surface area contributed by atoms with Crippen LogP contribution in [0.25, 0.3) is 11.1 Å². The number of rotatable bonds is 5. The fourth-order valence-electron chi connectivity index (χ4n) is 2.56. The average molecular weight is 383 g/mol. The number of amides is 1. The molecule has 1 atom stereocenters. The predicted molar refractivity (Wildman–Crippen MR) is 102 cm³/mol. The number of aliphatic hydroxyl groups is 1. The first-order valence-electron chi connectivity index (χ1n) is 8.06. The summed E-state index contributed by atoms with van der Waals surface area (Å²) >= 11 is 0. The summed E-state index contributed by atoms with van der Waals surface area (Å²) in [5, 5.41) is 12.7. The molecule has 0 aliphatic carbocycles. The van der Waals surface area contributed by atoms with Crippen LogP contribution in [0.3, 0.4) is 0 Å². The molecule has 0 saturated heterocycles. The smallest absolute Gasteiger partial charge is 0.294 e. The lowest BCUT2D eigenvalue weighted by Gasteiger charge is -2.13. The molecular weight excluding hydrogens is 366 g/mol. The van der Waals surface area contributed by atoms with Crippen LogP contribution in [-0.4, -0.2) is 24.0 Å². The lowest BCUT2D eigenvalue weighted by atomic mass is 10.0. The maximum absolute atomic E-state index is 12.2. The van der Waals surface area contributed by atoms with Gasteiger partial charge in [0, 0.05) is 5.69 Å². The molecule has 1 unspecified atom stereocenters. The van der Waals surface area contributed by atoms with Gasteiger partial charge in [0.2, 0.25) is 0 Å². The van der Waals surface area contributed by atoms with Crippen LogP contribution in [0.1, 0.15) is 11.7 Å². The molecular formula is C20H17NO5S. The molecule has 0 aromatic heterocycles. The summed E-state index contributed by atoms with van der Waals surface area (Å²) in [6.45, 7) is 0. The Balaban J connectivity index is 1.70. The van der Waals surface area contributed by atoms with Gasteiger partial charge in [-0.3, -0.25) is 9.35 Å². The fourth-order valence-corrected chi connectivity index (χ4v) is 3.04. The van der Waals surface area contributed by atoms with Gasteiger partial charge in [-0.1, -0.05) is 54.6 Å². The second-order valence-electron chi connectivity index (χ2n) is 5.88. The van der Waals surface area contributed by atoms with E-state index in [9.17, 15) is 18.3 Å². The molecule has 0 aliphatic rings. The third-order valence-corrected chi connectivity index (χ3v) is 4.87. The monoisotopic (exact) mass is 383 g/mol. The summed E-state index contributed by atoms with van der Waals surface area (Å²) in [6, 6.07) is 21.7. The van der Waals surface area contributed by atoms with Gasteiger partial charge in [0.1, 0.15) is 0 Å². The van der Waals surface area contributed by atoms with Crippen molar-refractivity contribution >= 4 is 21.7 Å². The Labute approximate surface area is 156 Å². The minimum absolute atomic E-state index is 0.280. The summed E-state index contributed by atoms with van der Waals surface area (Å²) in [5.74, 6) is -0.651. The van der Waals surface area contributed by atoms with Crippen molar-refractivity contribution in [3.05, 3.63) is 84.4 Å². The topological polar surface area (TPSA) is 104 Å². The van der Waals surface area contributed by atoms with Gasteiger partial charge in [-0.25, -0.2) is 0 Å². The number of aliphatic hydroxyl groups excluding tert-OH is 1. The molecule has 0 fully saturated rings. The van der Waals surface area contributed by atoms with Crippen LogP contribution in [-0.2, 0) is 14.9 Å². The predicted octanol–water partition coefficient (Wildman–Crippen LogP) is 3.27. The van der Waals surface area contributed by atoms with Crippen LogP contribution in [0.15, 0.2) is 83.8 Å². The highest BCUT2D eigenvalue weighted by Crippen LogP contribution is 2.23. The summed E-state index contributed by atoms with van der Waals surface area (Å²) < 4.78 is 31.0. The van der Waals surface area contributed by atoms with Crippen molar-refractivity contribution in [1.82, 2.24) is 0 Å². The number of nitrogens with one attached hydrogen (secondary N) is 1. The van der Waals surface area contributed by atoms with E-state index in [1.807, 2.05) is 42.5 Å². The van der Waals surface area contributed by atoms with Crippen molar-refractivity contribution in [1.29, 1.82) is 0 Å². The molecule has 0 saturated carbocycles. The summed E-state index contributed by atoms with van der Waals surface area (Å²) in [5.41, 5.74) is 2.73. The Bertz CT molecular complexity index is 1030. The van der Waals surface area contributed by atoms with E-state index in [2.05, 4.69) is 5.32 Å². The molecule has 6 nitrogen and oxygen atoms in total. The second-order valence-corrected chi connectivity index (χ2v) is 7.30. The maximum atomic E-state index is 12.2. The highest BCUT2D eigenvalue weighted by Gasteiger charge is 2.18. The zero-order chi connectivity index (χ0) is 19.4. The van der Waals surface area contributed by atoms with Crippen LogP contribution < -0.4 is 5.32 Å². The van der Waals surface area contributed by atoms with Gasteiger partial charge in [0.05, 0.1) is 4.90 Å². The van der Waals surface area contributed by atoms with Crippen LogP contribution in [0.2, 0.25) is 0 Å². The minimum atomic E-state index is -4.30. The van der Waals surface area contributed by atoms with Crippen LogP contribution in [0.5, 0.6) is 0 Å². The molecule has 3 rings (SSSR count). The van der Waals surface area contributed by atoms with Gasteiger partial charge in [0.25, 0.3) is 16.0 Å². The van der Waals surface area contributed by atoms with Gasteiger partial charge < -0.3 is 10.4 Å². The highest BCUT2D eigenvalue weighted by atomic mass is 32.2. The molecule has 0 heterocycles. The van der Waals surface area contributed by atoms with Crippen molar-refractivity contribution in [2.45, 2.75) is 11.0 Å². The molecule has 0 radical (unpaired) electrons. The number of hydrogen-bond donors (Lipinski definition) is 3. The Morgan fingerprint density at radius 3 is 1.93 bits per heavy atom. The van der Waals surface area contributed by atoms with Crippen molar-refractivity contribution in [3.8, 4) is 11.1 Å². The van der Waals surface area contributed by atoms with Crippen LogP contribution >= 0.6 is 0 Å². The van der Waals surface area contributed by atoms with E-state index in [-0.39, 0.29) is 4.90 Å². The third kappa shape index (κ3) is 4.59. The minimum Gasteiger partial charge on any atom is -0.378 e. The highest BCUT2D eigenvalue weighted by molar-refractivity contribution is 7.85. The summed E-state index contributed by atoms with van der Waals surface area (Å²) in [6.07, 6.45) is -1.38. The Kier molecular flexibility index (Phi) is 5.36. The molecule has 27 heavy (non-hydrogen) atoms. The standard InChI is InChI=1S/C20H17NO5S/c22-19(16-8-6-15(7-9-16)14-4-2-1-3-5-14)20(23)21-17-10-12-18(13-11-17)27(24,25)26/h1-13,19,22H,(H,21,23)(H,24,25,26). The van der Waals surface area contributed by atoms with Crippen LogP contribution in [0.4, 0.5) is 5.69 Å². The van der Waals surface area contributed by atoms with Crippen molar-refractivity contribution in [2.24, 2.45) is 0 Å². The molecule has 3 N–H and O–H groups in total. The fraction of sp³-hybridized carbons (Fsp3) is 0.0500. The maximum Gasteiger partial charge on any atom is 0.294 e. The van der Waals surface area contributed by atoms with E-state index in [0.717, 1.165) is 23.3 Å². The zero-order valence-electron chi connectivity index (χ0n) is 14.1. The van der Waals surface area contributed by atoms with E-state index in [4.69, 9.17) is 4.55 Å². The largest absolute Gasteiger partial charge is 0.378 e. The Hall–Kier alpha value is -3.00. The summed E-state index contributed by atoms with van der Waals surface area (Å²) in [7, 11) is -4.30. The van der Waals surface area contributed by atoms with E-state index in [0.29, 0.717) is 11.3 Å². The molecule has 0 bridgehead atoms. The second kappa shape index (κ2) is 7.71. The average Bonchev–Trinajstić information content (AvgIpc) is 2.68. The molecule has 138 valence electrons. The van der Waals surface area contributed by atoms with E-state index < -0.39 is 22.1 Å². The molecule has 0 aliphatic heterocycles. The Morgan fingerprint density at radius 2 is 1.37 bits per heavy atom. The molecule has 0 spiro atoms. The first kappa shape index (κ1) is 18.8. The van der Waals surface area contributed by atoms with E-state index in [1.165, 1.54) is 12.1 Å². The van der Waals surface area contributed by atoms with E-state index >= 15 is 0 Å². The zero-order valence-corrected chi connectivity index (χ0v) is 14.9. The van der Waals surface area contributed by atoms with Crippen molar-refractivity contribution < 1.29 is 22.9 Å². The van der Waals surface area contributed by atoms with Gasteiger partial charge in [-0.2, -0.15) is 8.42 Å². The quantitative estimate of drug-likeness (QED) is 0.587. The van der Waals surface area contributed by atoms with Gasteiger partial charge in [-0.05, 0) is 41.0 Å². The van der Waals surface area contributed by atoms with Crippen LogP contribution in [0, 0.1) is 0 Å². The number of anilines is 1. The molecule has 3 aromatic rings. The lowest BCUT2D eigenvalue weighted by Crippen LogP contribution is -2.20. The Morgan fingerprint density at radius 1 is 0.815 bits per heavy atom. The molecule has 7 heteroatoms. The number of carbonyl (C=O) groups excluding carboxylic acids is 1. The van der Waals surface area contributed by atoms with Crippen molar-refractivity contribution in [3.63, 3.8) is 0 Å². The first-order chi connectivity index (χ1) is 12.8. The molecule has 1 amide bonds. The lowest BCUT2D eigenvalue weighted by molar-refractivity contribution is -0.124. The number of benzene rings is 3. The first-order valence-corrected chi connectivity index (χ1v) is 9.50. The normalized spacial score (nSPS) is 12.4. The van der Waals surface area contributed by atoms with Gasteiger partial charge in [-0.15, -0.1) is 0 Å². The van der Waals surface area contributed by atoms with Crippen molar-refractivity contribution in [2.75, 3.05) is 5.32 Å². The van der Waals surface area contributed by atoms with E-state index in [1.54, 1.807) is 12.1 Å². The van der Waals surface area contributed by atoms with Gasteiger partial charge >= 0.3 is 0 Å². The SMILES string of the molecule is O=C(Nc1ccc(S(=O)(=O)O)cc1)C(O)c1ccc(-c2ccccc2)cc1. The summed E-state index contributed by atoms with van der Waals surface area (Å²) in [4.78, 5) is 11.9.